The van der Waals surface area contributed by atoms with Crippen LogP contribution in [0.1, 0.15) is 22.5 Å². The topological polar surface area (TPSA) is 71.8 Å². The predicted molar refractivity (Wildman–Crippen MR) is 93.4 cm³/mol. The van der Waals surface area contributed by atoms with Crippen molar-refractivity contribution < 1.29 is 0 Å². The zero-order chi connectivity index (χ0) is 16.4. The molecule has 1 aromatic heterocycles. The van der Waals surface area contributed by atoms with Crippen molar-refractivity contribution in [2.24, 2.45) is 0 Å². The minimum atomic E-state index is -0.155. The van der Waals surface area contributed by atoms with Crippen LogP contribution in [0, 0.1) is 13.8 Å². The summed E-state index contributed by atoms with van der Waals surface area (Å²) in [7, 11) is 0. The Labute approximate surface area is 135 Å². The lowest BCUT2D eigenvalue weighted by Gasteiger charge is -2.08. The number of aromatic nitrogens is 2. The Morgan fingerprint density at radius 2 is 1.83 bits per heavy atom. The van der Waals surface area contributed by atoms with E-state index in [1.54, 1.807) is 0 Å². The highest BCUT2D eigenvalue weighted by Gasteiger charge is 2.07. The minimum Gasteiger partial charge on any atom is -0.398 e. The van der Waals surface area contributed by atoms with E-state index in [0.717, 1.165) is 16.7 Å². The van der Waals surface area contributed by atoms with Crippen molar-refractivity contribution in [2.75, 3.05) is 5.73 Å². The first-order valence-electron chi connectivity index (χ1n) is 7.54. The normalized spacial score (nSPS) is 10.7. The smallest absolute Gasteiger partial charge is 0.251 e. The Kier molecular flexibility index (Phi) is 3.98. The number of hydrogen-bond donors (Lipinski definition) is 2. The second kappa shape index (κ2) is 6.08. The fraction of sp³-hybridized carbons (Fsp3) is 0.158. The maximum atomic E-state index is 12.0. The number of nitrogen functional groups attached to an aromatic ring is 1. The third kappa shape index (κ3) is 3.31. The van der Waals surface area contributed by atoms with Gasteiger partial charge in [0.1, 0.15) is 5.82 Å². The maximum absolute atomic E-state index is 12.0. The van der Waals surface area contributed by atoms with Crippen LogP contribution in [0.15, 0.2) is 53.3 Å². The average molecular weight is 305 g/mol. The second-order valence-corrected chi connectivity index (χ2v) is 5.75. The van der Waals surface area contributed by atoms with Crippen LogP contribution >= 0.6 is 0 Å². The molecule has 3 aromatic rings. The summed E-state index contributed by atoms with van der Waals surface area (Å²) in [6, 6.07) is 15.3. The molecule has 0 amide bonds. The van der Waals surface area contributed by atoms with E-state index in [1.807, 2.05) is 43.3 Å². The lowest BCUT2D eigenvalue weighted by Crippen LogP contribution is -2.12. The molecule has 23 heavy (non-hydrogen) atoms. The Balaban J connectivity index is 2.01. The molecule has 0 atom stereocenters. The summed E-state index contributed by atoms with van der Waals surface area (Å²) in [4.78, 5) is 19.4. The van der Waals surface area contributed by atoms with Gasteiger partial charge in [-0.15, -0.1) is 0 Å². The second-order valence-electron chi connectivity index (χ2n) is 5.75. The van der Waals surface area contributed by atoms with Gasteiger partial charge in [-0.1, -0.05) is 36.4 Å². The van der Waals surface area contributed by atoms with Crippen molar-refractivity contribution in [3.8, 4) is 11.3 Å². The van der Waals surface area contributed by atoms with Crippen LogP contribution in [-0.2, 0) is 6.42 Å². The van der Waals surface area contributed by atoms with Gasteiger partial charge in [0.05, 0.1) is 5.69 Å². The molecule has 2 aromatic carbocycles. The summed E-state index contributed by atoms with van der Waals surface area (Å²) in [5.74, 6) is 0.654. The van der Waals surface area contributed by atoms with Crippen LogP contribution in [0.4, 0.5) is 5.69 Å². The van der Waals surface area contributed by atoms with E-state index in [1.165, 1.54) is 11.6 Å². The zero-order valence-corrected chi connectivity index (χ0v) is 13.3. The molecular formula is C19H19N3O. The van der Waals surface area contributed by atoms with E-state index in [4.69, 9.17) is 5.73 Å². The summed E-state index contributed by atoms with van der Waals surface area (Å²) in [6.07, 6.45) is 0.594. The SMILES string of the molecule is Cc1ccc(-c2cc(=O)[nH]c(Cc3ccccc3C)n2)cc1N. The number of hydrogen-bond acceptors (Lipinski definition) is 3. The molecule has 0 saturated heterocycles. The largest absolute Gasteiger partial charge is 0.398 e. The molecule has 0 bridgehead atoms. The number of benzene rings is 2. The van der Waals surface area contributed by atoms with Gasteiger partial charge in [0.2, 0.25) is 0 Å². The molecule has 0 fully saturated rings. The number of H-pyrrole nitrogens is 1. The Morgan fingerprint density at radius 3 is 2.57 bits per heavy atom. The first kappa shape index (κ1) is 15.0. The quantitative estimate of drug-likeness (QED) is 0.730. The Hall–Kier alpha value is -2.88. The first-order valence-corrected chi connectivity index (χ1v) is 7.54. The van der Waals surface area contributed by atoms with Crippen molar-refractivity contribution in [3.63, 3.8) is 0 Å². The van der Waals surface area contributed by atoms with Gasteiger partial charge >= 0.3 is 0 Å². The predicted octanol–water partition coefficient (Wildman–Crippen LogP) is 3.23. The van der Waals surface area contributed by atoms with Gasteiger partial charge < -0.3 is 10.7 Å². The summed E-state index contributed by atoms with van der Waals surface area (Å²) in [5.41, 5.74) is 11.3. The monoisotopic (exact) mass is 305 g/mol. The van der Waals surface area contributed by atoms with E-state index in [0.29, 0.717) is 23.6 Å². The molecule has 0 spiro atoms. The van der Waals surface area contributed by atoms with E-state index in [2.05, 4.69) is 23.0 Å². The van der Waals surface area contributed by atoms with Crippen molar-refractivity contribution in [3.05, 3.63) is 81.4 Å². The molecule has 0 unspecified atom stereocenters. The van der Waals surface area contributed by atoms with E-state index < -0.39 is 0 Å². The number of aromatic amines is 1. The summed E-state index contributed by atoms with van der Waals surface area (Å²) in [6.45, 7) is 4.01. The molecule has 0 aliphatic rings. The van der Waals surface area contributed by atoms with Crippen molar-refractivity contribution in [1.82, 2.24) is 9.97 Å². The first-order chi connectivity index (χ1) is 11.0. The van der Waals surface area contributed by atoms with Crippen LogP contribution in [0.3, 0.4) is 0 Å². The number of rotatable bonds is 3. The third-order valence-corrected chi connectivity index (χ3v) is 3.98. The highest BCUT2D eigenvalue weighted by atomic mass is 16.1. The lowest BCUT2D eigenvalue weighted by atomic mass is 10.0. The van der Waals surface area contributed by atoms with Gasteiger partial charge in [-0.3, -0.25) is 4.79 Å². The van der Waals surface area contributed by atoms with Crippen LogP contribution in [0.2, 0.25) is 0 Å². The lowest BCUT2D eigenvalue weighted by molar-refractivity contribution is 0.944. The molecule has 0 radical (unpaired) electrons. The molecule has 4 nitrogen and oxygen atoms in total. The van der Waals surface area contributed by atoms with Gasteiger partial charge in [0, 0.05) is 23.7 Å². The van der Waals surface area contributed by atoms with Crippen molar-refractivity contribution in [1.29, 1.82) is 0 Å². The average Bonchev–Trinajstić information content (AvgIpc) is 2.52. The van der Waals surface area contributed by atoms with Gasteiger partial charge in [0.15, 0.2) is 0 Å². The number of nitrogens with zero attached hydrogens (tertiary/aromatic N) is 1. The van der Waals surface area contributed by atoms with Crippen molar-refractivity contribution in [2.45, 2.75) is 20.3 Å². The maximum Gasteiger partial charge on any atom is 0.251 e. The van der Waals surface area contributed by atoms with E-state index in [-0.39, 0.29) is 5.56 Å². The Bertz CT molecular complexity index is 912. The number of aryl methyl sites for hydroxylation is 2. The zero-order valence-electron chi connectivity index (χ0n) is 13.3. The molecular weight excluding hydrogens is 286 g/mol. The van der Waals surface area contributed by atoms with Gasteiger partial charge in [-0.05, 0) is 36.6 Å². The third-order valence-electron chi connectivity index (χ3n) is 3.98. The fourth-order valence-electron chi connectivity index (χ4n) is 2.53. The molecule has 4 heteroatoms. The van der Waals surface area contributed by atoms with Gasteiger partial charge in [0.25, 0.3) is 5.56 Å². The van der Waals surface area contributed by atoms with Crippen LogP contribution < -0.4 is 11.3 Å². The van der Waals surface area contributed by atoms with Crippen LogP contribution in [0.25, 0.3) is 11.3 Å². The number of anilines is 1. The van der Waals surface area contributed by atoms with Gasteiger partial charge in [-0.2, -0.15) is 0 Å². The molecule has 1 heterocycles. The summed E-state index contributed by atoms with van der Waals surface area (Å²) < 4.78 is 0. The van der Waals surface area contributed by atoms with Gasteiger partial charge in [-0.25, -0.2) is 4.98 Å². The molecule has 3 N–H and O–H groups in total. The molecule has 0 aliphatic heterocycles. The standard InChI is InChI=1S/C19H19N3O/c1-12-5-3-4-6-14(12)10-18-21-17(11-19(23)22-18)15-8-7-13(2)16(20)9-15/h3-9,11H,10,20H2,1-2H3,(H,21,22,23). The van der Waals surface area contributed by atoms with Crippen LogP contribution in [0.5, 0.6) is 0 Å². The van der Waals surface area contributed by atoms with E-state index >= 15 is 0 Å². The number of nitrogens with two attached hydrogens (primary N) is 1. The fourth-order valence-corrected chi connectivity index (χ4v) is 2.53. The molecule has 116 valence electrons. The van der Waals surface area contributed by atoms with Crippen molar-refractivity contribution >= 4 is 5.69 Å². The molecule has 0 aliphatic carbocycles. The Morgan fingerprint density at radius 1 is 1.04 bits per heavy atom. The molecule has 3 rings (SSSR count). The van der Waals surface area contributed by atoms with E-state index in [9.17, 15) is 4.79 Å². The molecule has 0 saturated carbocycles. The van der Waals surface area contributed by atoms with Crippen LogP contribution in [-0.4, -0.2) is 9.97 Å². The summed E-state index contributed by atoms with van der Waals surface area (Å²) in [5, 5.41) is 0. The summed E-state index contributed by atoms with van der Waals surface area (Å²) >= 11 is 0. The minimum absolute atomic E-state index is 0.155. The highest BCUT2D eigenvalue weighted by molar-refractivity contribution is 5.65. The highest BCUT2D eigenvalue weighted by Crippen LogP contribution is 2.21. The number of nitrogens with one attached hydrogen (secondary N) is 1.